The highest BCUT2D eigenvalue weighted by molar-refractivity contribution is 6.00. The number of likely N-dealkylation sites (N-methyl/N-ethyl adjacent to an activating group) is 1. The molecule has 1 saturated heterocycles. The van der Waals surface area contributed by atoms with Gasteiger partial charge in [0.05, 0.1) is 13.7 Å². The number of ketones is 1. The fraction of sp³-hybridized carbons (Fsp3) is 0.526. The number of methoxy groups -OCH3 is 1. The molecule has 1 aliphatic rings. The summed E-state index contributed by atoms with van der Waals surface area (Å²) in [4.78, 5) is 14.2. The Bertz CT molecular complexity index is 566. The minimum absolute atomic E-state index is 0.238. The van der Waals surface area contributed by atoms with Crippen LogP contribution >= 0.6 is 0 Å². The molecule has 126 valence electrons. The summed E-state index contributed by atoms with van der Waals surface area (Å²) in [7, 11) is 3.68. The molecule has 0 atom stereocenters. The van der Waals surface area contributed by atoms with E-state index >= 15 is 0 Å². The molecule has 23 heavy (non-hydrogen) atoms. The molecule has 0 unspecified atom stereocenters. The molecule has 0 saturated carbocycles. The first kappa shape index (κ1) is 17.5. The van der Waals surface area contributed by atoms with Crippen LogP contribution in [0.1, 0.15) is 38.2 Å². The van der Waals surface area contributed by atoms with Crippen molar-refractivity contribution in [3.8, 4) is 11.5 Å². The molecule has 0 bridgehead atoms. The van der Waals surface area contributed by atoms with Crippen LogP contribution in [0.3, 0.4) is 0 Å². The first-order chi connectivity index (χ1) is 11.1. The highest BCUT2D eigenvalue weighted by Gasteiger charge is 2.18. The minimum Gasteiger partial charge on any atom is -0.493 e. The van der Waals surface area contributed by atoms with Gasteiger partial charge in [0.2, 0.25) is 0 Å². The third kappa shape index (κ3) is 5.10. The van der Waals surface area contributed by atoms with E-state index in [-0.39, 0.29) is 5.78 Å². The van der Waals surface area contributed by atoms with Crippen molar-refractivity contribution in [2.75, 3.05) is 33.9 Å². The third-order valence-corrected chi connectivity index (χ3v) is 4.05. The first-order valence-electron chi connectivity index (χ1n) is 8.37. The van der Waals surface area contributed by atoms with Crippen molar-refractivity contribution in [1.29, 1.82) is 0 Å². The maximum absolute atomic E-state index is 12.0. The minimum atomic E-state index is 0.238. The Morgan fingerprint density at radius 2 is 2.09 bits per heavy atom. The zero-order valence-electron chi connectivity index (χ0n) is 14.4. The summed E-state index contributed by atoms with van der Waals surface area (Å²) in [5, 5.41) is 0. The van der Waals surface area contributed by atoms with E-state index in [1.165, 1.54) is 12.8 Å². The lowest BCUT2D eigenvalue weighted by Gasteiger charge is -2.23. The zero-order valence-corrected chi connectivity index (χ0v) is 14.4. The molecule has 0 aromatic heterocycles. The number of hydrogen-bond acceptors (Lipinski definition) is 4. The summed E-state index contributed by atoms with van der Waals surface area (Å²) in [6, 6.07) is 5.84. The Morgan fingerprint density at radius 3 is 2.83 bits per heavy atom. The Morgan fingerprint density at radius 1 is 1.26 bits per heavy atom. The number of piperidine rings is 1. The van der Waals surface area contributed by atoms with Crippen molar-refractivity contribution >= 4 is 11.9 Å². The molecule has 1 aromatic carbocycles. The monoisotopic (exact) mass is 317 g/mol. The van der Waals surface area contributed by atoms with Gasteiger partial charge >= 0.3 is 0 Å². The molecule has 1 fully saturated rings. The van der Waals surface area contributed by atoms with Gasteiger partial charge in [-0.25, -0.2) is 0 Å². The van der Waals surface area contributed by atoms with Crippen LogP contribution in [0.4, 0.5) is 0 Å². The topological polar surface area (TPSA) is 38.8 Å². The quantitative estimate of drug-likeness (QED) is 0.569. The number of nitrogens with zero attached hydrogens (tertiary/aromatic N) is 1. The summed E-state index contributed by atoms with van der Waals surface area (Å²) >= 11 is 0. The van der Waals surface area contributed by atoms with Crippen molar-refractivity contribution in [3.05, 3.63) is 29.3 Å². The fourth-order valence-electron chi connectivity index (χ4n) is 2.67. The molecule has 0 aliphatic carbocycles. The van der Waals surface area contributed by atoms with Gasteiger partial charge in [0.25, 0.3) is 0 Å². The standard InChI is InChI=1S/C19H27NO3/c1-4-5-6-11-23-18-8-7-15(13-19(18)22-3)12-16-14-20(2)10-9-17(16)21/h7-8,12-13H,4-6,9-11,14H2,1-3H3/b16-12+. The molecular weight excluding hydrogens is 290 g/mol. The average Bonchev–Trinajstić information content (AvgIpc) is 2.56. The van der Waals surface area contributed by atoms with Crippen LogP contribution in [-0.4, -0.2) is 44.5 Å². The molecule has 4 heteroatoms. The van der Waals surface area contributed by atoms with Crippen LogP contribution in [0.5, 0.6) is 11.5 Å². The van der Waals surface area contributed by atoms with E-state index in [0.717, 1.165) is 29.9 Å². The van der Waals surface area contributed by atoms with Gasteiger partial charge in [-0.2, -0.15) is 0 Å². The summed E-state index contributed by atoms with van der Waals surface area (Å²) < 4.78 is 11.2. The highest BCUT2D eigenvalue weighted by atomic mass is 16.5. The van der Waals surface area contributed by atoms with Crippen molar-refractivity contribution in [1.82, 2.24) is 4.90 Å². The van der Waals surface area contributed by atoms with Gasteiger partial charge in [-0.15, -0.1) is 0 Å². The Hall–Kier alpha value is -1.81. The lowest BCUT2D eigenvalue weighted by molar-refractivity contribution is -0.117. The predicted octanol–water partition coefficient (Wildman–Crippen LogP) is 3.55. The van der Waals surface area contributed by atoms with Crippen LogP contribution in [0.2, 0.25) is 0 Å². The van der Waals surface area contributed by atoms with Crippen LogP contribution < -0.4 is 9.47 Å². The number of unbranched alkanes of at least 4 members (excludes halogenated alkanes) is 2. The lowest BCUT2D eigenvalue weighted by Crippen LogP contribution is -2.32. The number of ether oxygens (including phenoxy) is 2. The zero-order chi connectivity index (χ0) is 16.7. The SMILES string of the molecule is CCCCCOc1ccc(/C=C2\CN(C)CCC2=O)cc1OC. The van der Waals surface area contributed by atoms with E-state index < -0.39 is 0 Å². The molecular formula is C19H27NO3. The van der Waals surface area contributed by atoms with Gasteiger partial charge in [-0.3, -0.25) is 4.79 Å². The van der Waals surface area contributed by atoms with Crippen LogP contribution in [0.15, 0.2) is 23.8 Å². The number of carbonyl (C=O) groups is 1. The summed E-state index contributed by atoms with van der Waals surface area (Å²) in [6.07, 6.45) is 5.95. The summed E-state index contributed by atoms with van der Waals surface area (Å²) in [6.45, 7) is 4.42. The van der Waals surface area contributed by atoms with Gasteiger partial charge in [-0.05, 0) is 37.2 Å². The Labute approximate surface area is 139 Å². The third-order valence-electron chi connectivity index (χ3n) is 4.05. The molecule has 2 rings (SSSR count). The van der Waals surface area contributed by atoms with E-state index in [1.54, 1.807) is 7.11 Å². The second-order valence-electron chi connectivity index (χ2n) is 6.05. The number of carbonyl (C=O) groups excluding carboxylic acids is 1. The molecule has 1 aliphatic heterocycles. The molecule has 0 spiro atoms. The molecule has 1 aromatic rings. The molecule has 1 heterocycles. The fourth-order valence-corrected chi connectivity index (χ4v) is 2.67. The van der Waals surface area contributed by atoms with Crippen molar-refractivity contribution in [2.45, 2.75) is 32.6 Å². The molecule has 0 radical (unpaired) electrons. The Balaban J connectivity index is 2.10. The van der Waals surface area contributed by atoms with E-state index in [9.17, 15) is 4.79 Å². The van der Waals surface area contributed by atoms with Crippen molar-refractivity contribution in [2.24, 2.45) is 0 Å². The van der Waals surface area contributed by atoms with Gasteiger partial charge in [0.1, 0.15) is 0 Å². The highest BCUT2D eigenvalue weighted by Crippen LogP contribution is 2.29. The van der Waals surface area contributed by atoms with Crippen LogP contribution in [0, 0.1) is 0 Å². The first-order valence-corrected chi connectivity index (χ1v) is 8.37. The van der Waals surface area contributed by atoms with Crippen LogP contribution in [0.25, 0.3) is 6.08 Å². The number of likely N-dealkylation sites (tertiary alicyclic amines) is 1. The van der Waals surface area contributed by atoms with E-state index in [0.29, 0.717) is 25.3 Å². The van der Waals surface area contributed by atoms with Crippen molar-refractivity contribution < 1.29 is 14.3 Å². The smallest absolute Gasteiger partial charge is 0.161 e. The molecule has 4 nitrogen and oxygen atoms in total. The van der Waals surface area contributed by atoms with Crippen molar-refractivity contribution in [3.63, 3.8) is 0 Å². The largest absolute Gasteiger partial charge is 0.493 e. The van der Waals surface area contributed by atoms with Gasteiger partial charge in [0.15, 0.2) is 17.3 Å². The van der Waals surface area contributed by atoms with E-state index in [2.05, 4.69) is 11.8 Å². The van der Waals surface area contributed by atoms with Gasteiger partial charge < -0.3 is 14.4 Å². The molecule has 0 N–H and O–H groups in total. The average molecular weight is 317 g/mol. The maximum Gasteiger partial charge on any atom is 0.161 e. The second kappa shape index (κ2) is 8.73. The predicted molar refractivity (Wildman–Crippen MR) is 93.1 cm³/mol. The lowest BCUT2D eigenvalue weighted by atomic mass is 10.0. The number of Topliss-reactive ketones (excluding diaryl/α,β-unsaturated/α-hetero) is 1. The second-order valence-corrected chi connectivity index (χ2v) is 6.05. The van der Waals surface area contributed by atoms with Gasteiger partial charge in [-0.1, -0.05) is 25.8 Å². The summed E-state index contributed by atoms with van der Waals surface area (Å²) in [5.74, 6) is 1.72. The normalized spacial score (nSPS) is 17.5. The number of rotatable bonds is 7. The van der Waals surface area contributed by atoms with E-state index in [4.69, 9.17) is 9.47 Å². The summed E-state index contributed by atoms with van der Waals surface area (Å²) in [5.41, 5.74) is 1.83. The number of benzene rings is 1. The molecule has 0 amide bonds. The van der Waals surface area contributed by atoms with Gasteiger partial charge in [0, 0.05) is 25.1 Å². The Kier molecular flexibility index (Phi) is 6.66. The number of hydrogen-bond donors (Lipinski definition) is 0. The maximum atomic E-state index is 12.0. The van der Waals surface area contributed by atoms with E-state index in [1.807, 2.05) is 31.3 Å². The van der Waals surface area contributed by atoms with Crippen LogP contribution in [-0.2, 0) is 4.79 Å².